The first-order chi connectivity index (χ1) is 12.6. The Labute approximate surface area is 155 Å². The van der Waals surface area contributed by atoms with Crippen LogP contribution in [0.2, 0.25) is 5.02 Å². The molecule has 0 saturated carbocycles. The van der Waals surface area contributed by atoms with Crippen LogP contribution in [0.25, 0.3) is 10.9 Å². The number of rotatable bonds is 4. The highest BCUT2D eigenvalue weighted by molar-refractivity contribution is 6.30. The number of carbonyl (C=O) groups excluding carboxylic acids is 1. The second-order valence-electron chi connectivity index (χ2n) is 5.60. The minimum atomic E-state index is -0.176. The monoisotopic (exact) mass is 365 g/mol. The van der Waals surface area contributed by atoms with Crippen molar-refractivity contribution in [2.45, 2.75) is 13.0 Å². The Hall–Kier alpha value is -3.10. The zero-order valence-corrected chi connectivity index (χ0v) is 14.7. The van der Waals surface area contributed by atoms with Crippen LogP contribution in [-0.2, 0) is 11.3 Å². The second kappa shape index (κ2) is 8.32. The third kappa shape index (κ3) is 4.50. The summed E-state index contributed by atoms with van der Waals surface area (Å²) in [7, 11) is 0. The number of hydrogen-bond donors (Lipinski definition) is 1. The highest BCUT2D eigenvalue weighted by Crippen LogP contribution is 2.09. The highest BCUT2D eigenvalue weighted by atomic mass is 35.5. The minimum absolute atomic E-state index is 0.149. The molecule has 5 nitrogen and oxygen atoms in total. The first-order valence-electron chi connectivity index (χ1n) is 8.09. The molecule has 3 aromatic rings. The number of hydrogen-bond acceptors (Lipinski definition) is 3. The lowest BCUT2D eigenvalue weighted by atomic mass is 10.2. The smallest absolute Gasteiger partial charge is 0.261 e. The molecule has 26 heavy (non-hydrogen) atoms. The Morgan fingerprint density at radius 1 is 1.19 bits per heavy atom. The van der Waals surface area contributed by atoms with Crippen LogP contribution in [0, 0.1) is 11.8 Å². The molecule has 1 heterocycles. The van der Waals surface area contributed by atoms with Crippen molar-refractivity contribution in [2.24, 2.45) is 0 Å². The molecule has 0 aliphatic heterocycles. The zero-order valence-electron chi connectivity index (χ0n) is 13.9. The average molecular weight is 366 g/mol. The highest BCUT2D eigenvalue weighted by Gasteiger charge is 2.05. The fourth-order valence-electron chi connectivity index (χ4n) is 2.43. The normalized spacial score (nSPS) is 10.2. The van der Waals surface area contributed by atoms with Crippen molar-refractivity contribution in [3.8, 4) is 11.8 Å². The van der Waals surface area contributed by atoms with E-state index in [1.807, 2.05) is 18.2 Å². The van der Waals surface area contributed by atoms with E-state index in [-0.39, 0.29) is 31.0 Å². The summed E-state index contributed by atoms with van der Waals surface area (Å²) in [5, 5.41) is 3.88. The van der Waals surface area contributed by atoms with E-state index in [1.165, 1.54) is 10.9 Å². The molecule has 1 N–H and O–H groups in total. The molecule has 0 radical (unpaired) electrons. The number of aryl methyl sites for hydroxylation is 1. The summed E-state index contributed by atoms with van der Waals surface area (Å²) in [6.07, 6.45) is 1.65. The fraction of sp³-hybridized carbons (Fsp3) is 0.150. The van der Waals surface area contributed by atoms with Gasteiger partial charge in [-0.2, -0.15) is 0 Å². The molecule has 0 aliphatic rings. The molecule has 0 fully saturated rings. The number of aromatic nitrogens is 2. The number of fused-ring (bicyclic) bond motifs is 1. The SMILES string of the molecule is O=C(CCn1cnc2ccccc2c1=O)NCC#Cc1cccc(Cl)c1. The maximum absolute atomic E-state index is 12.3. The van der Waals surface area contributed by atoms with Gasteiger partial charge in [-0.15, -0.1) is 0 Å². The van der Waals surface area contributed by atoms with Crippen LogP contribution in [0.4, 0.5) is 0 Å². The first-order valence-corrected chi connectivity index (χ1v) is 8.46. The van der Waals surface area contributed by atoms with E-state index in [0.29, 0.717) is 15.9 Å². The number of nitrogens with zero attached hydrogens (tertiary/aromatic N) is 2. The molecular weight excluding hydrogens is 350 g/mol. The van der Waals surface area contributed by atoms with Gasteiger partial charge in [0.25, 0.3) is 5.56 Å². The molecule has 0 aliphatic carbocycles. The van der Waals surface area contributed by atoms with Gasteiger partial charge in [0.2, 0.25) is 5.91 Å². The summed E-state index contributed by atoms with van der Waals surface area (Å²) < 4.78 is 1.44. The van der Waals surface area contributed by atoms with Gasteiger partial charge < -0.3 is 5.32 Å². The number of benzene rings is 2. The van der Waals surface area contributed by atoms with E-state index >= 15 is 0 Å². The molecule has 1 aromatic heterocycles. The van der Waals surface area contributed by atoms with E-state index in [2.05, 4.69) is 22.1 Å². The van der Waals surface area contributed by atoms with Crippen molar-refractivity contribution in [3.05, 3.63) is 75.8 Å². The third-order valence-electron chi connectivity index (χ3n) is 3.74. The van der Waals surface area contributed by atoms with Gasteiger partial charge in [-0.25, -0.2) is 4.98 Å². The van der Waals surface area contributed by atoms with Crippen molar-refractivity contribution >= 4 is 28.4 Å². The molecular formula is C20H16ClN3O2. The van der Waals surface area contributed by atoms with Gasteiger partial charge in [0.15, 0.2) is 0 Å². The predicted molar refractivity (Wildman–Crippen MR) is 102 cm³/mol. The van der Waals surface area contributed by atoms with Crippen molar-refractivity contribution in [3.63, 3.8) is 0 Å². The molecule has 130 valence electrons. The topological polar surface area (TPSA) is 64.0 Å². The van der Waals surface area contributed by atoms with Gasteiger partial charge in [-0.05, 0) is 30.3 Å². The Morgan fingerprint density at radius 3 is 2.88 bits per heavy atom. The maximum Gasteiger partial charge on any atom is 0.261 e. The standard InChI is InChI=1S/C20H16ClN3O2/c21-16-7-3-5-15(13-16)6-4-11-22-19(25)10-12-24-14-23-18-9-2-1-8-17(18)20(24)26/h1-3,5,7-9,13-14H,10-12H2,(H,22,25). The molecule has 0 bridgehead atoms. The number of para-hydroxylation sites is 1. The molecule has 2 aromatic carbocycles. The van der Waals surface area contributed by atoms with Gasteiger partial charge in [-0.1, -0.05) is 41.6 Å². The molecule has 6 heteroatoms. The van der Waals surface area contributed by atoms with E-state index in [4.69, 9.17) is 11.6 Å². The fourth-order valence-corrected chi connectivity index (χ4v) is 2.62. The number of carbonyl (C=O) groups is 1. The quantitative estimate of drug-likeness (QED) is 0.723. The van der Waals surface area contributed by atoms with Gasteiger partial charge >= 0.3 is 0 Å². The van der Waals surface area contributed by atoms with E-state index < -0.39 is 0 Å². The molecule has 0 unspecified atom stereocenters. The van der Waals surface area contributed by atoms with Gasteiger partial charge in [0.1, 0.15) is 0 Å². The van der Waals surface area contributed by atoms with Crippen molar-refractivity contribution < 1.29 is 4.79 Å². The van der Waals surface area contributed by atoms with E-state index in [9.17, 15) is 9.59 Å². The lowest BCUT2D eigenvalue weighted by Crippen LogP contribution is -2.27. The van der Waals surface area contributed by atoms with Crippen LogP contribution >= 0.6 is 11.6 Å². The van der Waals surface area contributed by atoms with Crippen LogP contribution in [0.1, 0.15) is 12.0 Å². The predicted octanol–water partition coefficient (Wildman–Crippen LogP) is 2.61. The van der Waals surface area contributed by atoms with Crippen LogP contribution in [0.15, 0.2) is 59.7 Å². The maximum atomic E-state index is 12.3. The Balaban J connectivity index is 1.53. The second-order valence-corrected chi connectivity index (χ2v) is 6.04. The van der Waals surface area contributed by atoms with E-state index in [1.54, 1.807) is 30.3 Å². The number of nitrogens with one attached hydrogen (secondary N) is 1. The summed E-state index contributed by atoms with van der Waals surface area (Å²) >= 11 is 5.89. The van der Waals surface area contributed by atoms with E-state index in [0.717, 1.165) is 5.56 Å². The van der Waals surface area contributed by atoms with Crippen molar-refractivity contribution in [1.29, 1.82) is 0 Å². The largest absolute Gasteiger partial charge is 0.345 e. The lowest BCUT2D eigenvalue weighted by Gasteiger charge is -2.06. The Kier molecular flexibility index (Phi) is 5.67. The van der Waals surface area contributed by atoms with Crippen LogP contribution in [0.5, 0.6) is 0 Å². The summed E-state index contributed by atoms with van der Waals surface area (Å²) in [5.74, 6) is 5.63. The molecule has 0 spiro atoms. The minimum Gasteiger partial charge on any atom is -0.345 e. The number of amides is 1. The molecule has 1 amide bonds. The summed E-state index contributed by atoms with van der Waals surface area (Å²) in [6, 6.07) is 14.3. The molecule has 3 rings (SSSR count). The van der Waals surface area contributed by atoms with Gasteiger partial charge in [0.05, 0.1) is 23.8 Å². The van der Waals surface area contributed by atoms with Gasteiger partial charge in [-0.3, -0.25) is 14.2 Å². The zero-order chi connectivity index (χ0) is 18.4. The lowest BCUT2D eigenvalue weighted by molar-refractivity contribution is -0.121. The van der Waals surface area contributed by atoms with Crippen LogP contribution in [-0.4, -0.2) is 22.0 Å². The molecule has 0 atom stereocenters. The Bertz CT molecular complexity index is 1060. The van der Waals surface area contributed by atoms with Crippen LogP contribution < -0.4 is 10.9 Å². The Morgan fingerprint density at radius 2 is 2.04 bits per heavy atom. The molecule has 0 saturated heterocycles. The summed E-state index contributed by atoms with van der Waals surface area (Å²) in [4.78, 5) is 28.5. The van der Waals surface area contributed by atoms with Gasteiger partial charge in [0, 0.05) is 23.6 Å². The average Bonchev–Trinajstić information content (AvgIpc) is 2.65. The van der Waals surface area contributed by atoms with Crippen molar-refractivity contribution in [2.75, 3.05) is 6.54 Å². The van der Waals surface area contributed by atoms with Crippen LogP contribution in [0.3, 0.4) is 0 Å². The summed E-state index contributed by atoms with van der Waals surface area (Å²) in [6.45, 7) is 0.500. The first kappa shape index (κ1) is 17.7. The van der Waals surface area contributed by atoms with Crippen molar-refractivity contribution in [1.82, 2.24) is 14.9 Å². The third-order valence-corrected chi connectivity index (χ3v) is 3.98. The summed E-state index contributed by atoms with van der Waals surface area (Å²) in [5.41, 5.74) is 1.29. The number of halogens is 1.